The van der Waals surface area contributed by atoms with E-state index >= 15 is 0 Å². The molecule has 0 aromatic carbocycles. The lowest BCUT2D eigenvalue weighted by Crippen LogP contribution is -2.41. The number of nitrogens with zero attached hydrogens (tertiary/aromatic N) is 3. The fourth-order valence-electron chi connectivity index (χ4n) is 1.96. The summed E-state index contributed by atoms with van der Waals surface area (Å²) >= 11 is 7.08. The van der Waals surface area contributed by atoms with Crippen LogP contribution in [0.2, 0.25) is 0 Å². The summed E-state index contributed by atoms with van der Waals surface area (Å²) in [5.74, 6) is 1.02. The summed E-state index contributed by atoms with van der Waals surface area (Å²) in [6.45, 7) is 1.09. The van der Waals surface area contributed by atoms with E-state index in [4.69, 9.17) is 0 Å². The molecule has 1 aromatic rings. The molecule has 0 spiro atoms. The van der Waals surface area contributed by atoms with Crippen molar-refractivity contribution in [3.8, 4) is 0 Å². The summed E-state index contributed by atoms with van der Waals surface area (Å²) in [7, 11) is 0. The highest BCUT2D eigenvalue weighted by Crippen LogP contribution is 2.29. The highest BCUT2D eigenvalue weighted by atomic mass is 79.9. The molecule has 0 N–H and O–H groups in total. The van der Waals surface area contributed by atoms with Gasteiger partial charge in [-0.15, -0.1) is 0 Å². The van der Waals surface area contributed by atoms with E-state index in [-0.39, 0.29) is 0 Å². The van der Waals surface area contributed by atoms with Crippen molar-refractivity contribution in [2.45, 2.75) is 25.3 Å². The summed E-state index contributed by atoms with van der Waals surface area (Å²) in [5.41, 5.74) is 0. The molecule has 82 valence electrons. The molecule has 0 saturated carbocycles. The van der Waals surface area contributed by atoms with Crippen molar-refractivity contribution in [2.75, 3.05) is 16.8 Å². The molecule has 1 fully saturated rings. The number of halogens is 2. The van der Waals surface area contributed by atoms with Gasteiger partial charge in [0.1, 0.15) is 12.1 Å². The molecule has 2 heterocycles. The Morgan fingerprint density at radius 2 is 2.33 bits per heavy atom. The van der Waals surface area contributed by atoms with Gasteiger partial charge < -0.3 is 4.90 Å². The van der Waals surface area contributed by atoms with Crippen LogP contribution < -0.4 is 4.90 Å². The first-order chi connectivity index (χ1) is 7.33. The molecule has 0 bridgehead atoms. The van der Waals surface area contributed by atoms with Gasteiger partial charge in [-0.05, 0) is 35.2 Å². The van der Waals surface area contributed by atoms with Crippen molar-refractivity contribution in [1.82, 2.24) is 9.97 Å². The monoisotopic (exact) mass is 333 g/mol. The Morgan fingerprint density at radius 1 is 1.47 bits per heavy atom. The van der Waals surface area contributed by atoms with Gasteiger partial charge in [0, 0.05) is 24.1 Å². The van der Waals surface area contributed by atoms with Crippen molar-refractivity contribution in [2.24, 2.45) is 0 Å². The SMILES string of the molecule is BrCC1CCCCN1c1ncncc1Br. The molecule has 2 rings (SSSR count). The van der Waals surface area contributed by atoms with Crippen molar-refractivity contribution in [3.63, 3.8) is 0 Å². The molecule has 1 aromatic heterocycles. The average Bonchev–Trinajstić information content (AvgIpc) is 2.30. The van der Waals surface area contributed by atoms with E-state index in [2.05, 4.69) is 46.7 Å². The van der Waals surface area contributed by atoms with Crippen LogP contribution in [0.1, 0.15) is 19.3 Å². The van der Waals surface area contributed by atoms with Gasteiger partial charge in [-0.3, -0.25) is 0 Å². The van der Waals surface area contributed by atoms with Crippen LogP contribution in [0.4, 0.5) is 5.82 Å². The maximum absolute atomic E-state index is 4.35. The second-order valence-corrected chi connectivity index (χ2v) is 5.19. The maximum atomic E-state index is 4.35. The predicted molar refractivity (Wildman–Crippen MR) is 68.5 cm³/mol. The molecule has 5 heteroatoms. The van der Waals surface area contributed by atoms with Crippen LogP contribution in [0.5, 0.6) is 0 Å². The Kier molecular flexibility index (Phi) is 3.97. The van der Waals surface area contributed by atoms with Gasteiger partial charge in [0.2, 0.25) is 0 Å². The molecule has 1 aliphatic rings. The Bertz CT molecular complexity index is 332. The first kappa shape index (κ1) is 11.3. The predicted octanol–water partition coefficient (Wildman–Crippen LogP) is 2.99. The number of alkyl halides is 1. The summed E-state index contributed by atoms with van der Waals surface area (Å²) in [4.78, 5) is 10.7. The van der Waals surface area contributed by atoms with Crippen LogP contribution in [0.25, 0.3) is 0 Å². The lowest BCUT2D eigenvalue weighted by Gasteiger charge is -2.36. The fourth-order valence-corrected chi connectivity index (χ4v) is 3.08. The molecular weight excluding hydrogens is 322 g/mol. The summed E-state index contributed by atoms with van der Waals surface area (Å²) in [5, 5.41) is 1.00. The van der Waals surface area contributed by atoms with E-state index in [9.17, 15) is 0 Å². The van der Waals surface area contributed by atoms with Crippen molar-refractivity contribution >= 4 is 37.7 Å². The number of hydrogen-bond donors (Lipinski definition) is 0. The van der Waals surface area contributed by atoms with Gasteiger partial charge in [0.15, 0.2) is 0 Å². The third-order valence-corrected chi connectivity index (χ3v) is 4.03. The fraction of sp³-hybridized carbons (Fsp3) is 0.600. The van der Waals surface area contributed by atoms with Crippen LogP contribution in [-0.2, 0) is 0 Å². The standard InChI is InChI=1S/C10H13Br2N3/c11-5-8-3-1-2-4-15(8)10-9(12)6-13-7-14-10/h6-8H,1-5H2. The van der Waals surface area contributed by atoms with Gasteiger partial charge in [-0.2, -0.15) is 0 Å². The number of anilines is 1. The average molecular weight is 335 g/mol. The third kappa shape index (κ3) is 2.50. The number of aromatic nitrogens is 2. The van der Waals surface area contributed by atoms with Gasteiger partial charge >= 0.3 is 0 Å². The van der Waals surface area contributed by atoms with Crippen LogP contribution in [0, 0.1) is 0 Å². The quantitative estimate of drug-likeness (QED) is 0.778. The molecule has 0 radical (unpaired) electrons. The molecule has 0 aliphatic carbocycles. The van der Waals surface area contributed by atoms with Crippen molar-refractivity contribution in [1.29, 1.82) is 0 Å². The summed E-state index contributed by atoms with van der Waals surface area (Å²) in [6, 6.07) is 0.560. The van der Waals surface area contributed by atoms with E-state index < -0.39 is 0 Å². The molecule has 1 atom stereocenters. The number of rotatable bonds is 2. The Hall–Kier alpha value is -0.160. The number of piperidine rings is 1. The van der Waals surface area contributed by atoms with Gasteiger partial charge in [-0.25, -0.2) is 9.97 Å². The van der Waals surface area contributed by atoms with Crippen LogP contribution in [0.15, 0.2) is 17.0 Å². The van der Waals surface area contributed by atoms with Crippen LogP contribution >= 0.6 is 31.9 Å². The minimum Gasteiger partial charge on any atom is -0.352 e. The zero-order valence-electron chi connectivity index (χ0n) is 8.37. The van der Waals surface area contributed by atoms with Crippen molar-refractivity contribution < 1.29 is 0 Å². The zero-order valence-corrected chi connectivity index (χ0v) is 11.5. The smallest absolute Gasteiger partial charge is 0.146 e. The van der Waals surface area contributed by atoms with Crippen molar-refractivity contribution in [3.05, 3.63) is 17.0 Å². The van der Waals surface area contributed by atoms with E-state index in [1.54, 1.807) is 6.33 Å². The largest absolute Gasteiger partial charge is 0.352 e. The Balaban J connectivity index is 2.24. The van der Waals surface area contributed by atoms with E-state index in [1.807, 2.05) is 6.20 Å². The molecular formula is C10H13Br2N3. The van der Waals surface area contributed by atoms with Gasteiger partial charge in [0.05, 0.1) is 4.47 Å². The zero-order chi connectivity index (χ0) is 10.7. The normalized spacial score (nSPS) is 21.7. The van der Waals surface area contributed by atoms with E-state index in [0.29, 0.717) is 6.04 Å². The summed E-state index contributed by atoms with van der Waals surface area (Å²) in [6.07, 6.45) is 7.22. The maximum Gasteiger partial charge on any atom is 0.146 e. The first-order valence-corrected chi connectivity index (χ1v) is 7.02. The molecule has 1 saturated heterocycles. The molecule has 15 heavy (non-hydrogen) atoms. The lowest BCUT2D eigenvalue weighted by atomic mass is 10.0. The molecule has 1 aliphatic heterocycles. The van der Waals surface area contributed by atoms with Gasteiger partial charge in [-0.1, -0.05) is 15.9 Å². The first-order valence-electron chi connectivity index (χ1n) is 5.11. The highest BCUT2D eigenvalue weighted by Gasteiger charge is 2.23. The summed E-state index contributed by atoms with van der Waals surface area (Å²) < 4.78 is 0.984. The third-order valence-electron chi connectivity index (χ3n) is 2.73. The molecule has 3 nitrogen and oxygen atoms in total. The minimum atomic E-state index is 0.560. The Morgan fingerprint density at radius 3 is 3.07 bits per heavy atom. The van der Waals surface area contributed by atoms with Gasteiger partial charge in [0.25, 0.3) is 0 Å². The van der Waals surface area contributed by atoms with E-state index in [1.165, 1.54) is 19.3 Å². The minimum absolute atomic E-state index is 0.560. The molecule has 1 unspecified atom stereocenters. The van der Waals surface area contributed by atoms with Crippen LogP contribution in [0.3, 0.4) is 0 Å². The number of hydrogen-bond acceptors (Lipinski definition) is 3. The second kappa shape index (κ2) is 5.25. The van der Waals surface area contributed by atoms with E-state index in [0.717, 1.165) is 22.2 Å². The second-order valence-electron chi connectivity index (χ2n) is 3.69. The lowest BCUT2D eigenvalue weighted by molar-refractivity contribution is 0.486. The highest BCUT2D eigenvalue weighted by molar-refractivity contribution is 9.10. The van der Waals surface area contributed by atoms with Crippen LogP contribution in [-0.4, -0.2) is 27.9 Å². The molecule has 0 amide bonds. The topological polar surface area (TPSA) is 29.0 Å². The Labute approximate surface area is 107 Å².